The van der Waals surface area contributed by atoms with Crippen LogP contribution in [0.15, 0.2) is 223 Å². The van der Waals surface area contributed by atoms with Gasteiger partial charge in [-0.1, -0.05) is 147 Å². The molecule has 0 heterocycles. The van der Waals surface area contributed by atoms with Crippen molar-refractivity contribution in [3.05, 3.63) is 230 Å². The zero-order valence-corrected chi connectivity index (χ0v) is 35.1. The van der Waals surface area contributed by atoms with Gasteiger partial charge in [0.2, 0.25) is 0 Å². The molecule has 0 radical (unpaired) electrons. The van der Waals surface area contributed by atoms with Gasteiger partial charge in [0.1, 0.15) is 0 Å². The van der Waals surface area contributed by atoms with Crippen LogP contribution >= 0.6 is 15.8 Å². The van der Waals surface area contributed by atoms with Crippen molar-refractivity contribution in [2.75, 3.05) is 5.32 Å². The van der Waals surface area contributed by atoms with Crippen molar-refractivity contribution in [3.63, 3.8) is 0 Å². The zero-order valence-electron chi connectivity index (χ0n) is 31.1. The second-order valence-corrected chi connectivity index (χ2v) is 17.6. The van der Waals surface area contributed by atoms with E-state index >= 15 is 0 Å². The molecule has 8 rings (SSSR count). The van der Waals surface area contributed by atoms with Crippen molar-refractivity contribution in [1.29, 1.82) is 0 Å². The third kappa shape index (κ3) is 12.3. The molecular weight excluding hydrogens is 790 g/mol. The minimum Gasteiger partial charge on any atom is -0.370 e. The summed E-state index contributed by atoms with van der Waals surface area (Å²) in [5, 5.41) is 9.10. The molecule has 0 bridgehead atoms. The first-order chi connectivity index (χ1) is 26.2. The molecule has 6 heteroatoms. The van der Waals surface area contributed by atoms with E-state index in [4.69, 9.17) is 4.99 Å². The van der Waals surface area contributed by atoms with Crippen LogP contribution in [0.25, 0.3) is 0 Å². The fourth-order valence-corrected chi connectivity index (χ4v) is 11.8. The van der Waals surface area contributed by atoms with Crippen LogP contribution in [0.4, 0.5) is 11.4 Å². The van der Waals surface area contributed by atoms with Crippen molar-refractivity contribution in [3.8, 4) is 0 Å². The van der Waals surface area contributed by atoms with Crippen LogP contribution in [-0.4, -0.2) is 6.34 Å². The van der Waals surface area contributed by atoms with Gasteiger partial charge >= 0.3 is 0 Å². The van der Waals surface area contributed by atoms with Gasteiger partial charge in [-0.2, -0.15) is 60.7 Å². The molecule has 0 aliphatic heterocycles. The molecule has 0 aromatic heterocycles. The molecule has 0 aliphatic rings. The topological polar surface area (TPSA) is 24.4 Å². The maximum absolute atomic E-state index is 4.97. The van der Waals surface area contributed by atoms with E-state index in [2.05, 4.69) is 177 Å². The fourth-order valence-electron chi connectivity index (χ4n) is 6.46. The minimum absolute atomic E-state index is 0. The van der Waals surface area contributed by atoms with E-state index in [1.165, 1.54) is 32.3 Å². The molecule has 2 nitrogen and oxygen atoms in total. The Morgan fingerprint density at radius 2 is 0.836 bits per heavy atom. The molecule has 282 valence electrons. The van der Waals surface area contributed by atoms with E-state index in [1.807, 2.05) is 67.0 Å². The van der Waals surface area contributed by atoms with Crippen molar-refractivity contribution in [2.24, 2.45) is 4.99 Å². The molecule has 8 aromatic carbocycles. The molecule has 2 atom stereocenters. The summed E-state index contributed by atoms with van der Waals surface area (Å²) in [4.78, 5) is 4.97. The van der Waals surface area contributed by atoms with Crippen molar-refractivity contribution < 1.29 is 34.1 Å². The molecule has 0 amide bonds. The van der Waals surface area contributed by atoms with E-state index in [0.29, 0.717) is 11.3 Å². The second kappa shape index (κ2) is 23.5. The molecule has 0 aliphatic carbocycles. The summed E-state index contributed by atoms with van der Waals surface area (Å²) in [7, 11) is -1.17. The number of hydrogen-bond donors (Lipinski definition) is 1. The molecule has 8 aromatic rings. The Kier molecular flexibility index (Phi) is 18.6. The summed E-state index contributed by atoms with van der Waals surface area (Å²) in [5.74, 6) is 0. The predicted octanol–water partition coefficient (Wildman–Crippen LogP) is 12.1. The van der Waals surface area contributed by atoms with Crippen LogP contribution in [0.2, 0.25) is 0 Å². The first-order valence-corrected chi connectivity index (χ1v) is 20.9. The molecular formula is C49H46Fe2N2P2-4. The minimum atomic E-state index is -0.588. The van der Waals surface area contributed by atoms with Crippen molar-refractivity contribution in [2.45, 2.75) is 25.2 Å². The van der Waals surface area contributed by atoms with Gasteiger partial charge in [0.05, 0.1) is 6.34 Å². The van der Waals surface area contributed by atoms with Crippen LogP contribution in [-0.2, 0) is 34.1 Å². The molecule has 0 spiro atoms. The van der Waals surface area contributed by atoms with Crippen LogP contribution in [0.5, 0.6) is 0 Å². The monoisotopic (exact) mass is 836 g/mol. The average molecular weight is 837 g/mol. The van der Waals surface area contributed by atoms with E-state index in [-0.39, 0.29) is 34.1 Å². The standard InChI is InChI=1S/C39H36N2P2.2C5H5.2Fe/c1-30(42(32-17-7-3-8-18-32)33-19-9-4-10-20-33)36-25-15-27-38(36)40-29-41-39-28-16-26-37(39)31(2)43(34-21-11-5-12-22-34)35-23-13-6-14-24-35;2*1-2-4-5-3-1;;/h3-31H,1-2H3,(H,40,41);2*1-5H;;/q-2;2*-1;;. The van der Waals surface area contributed by atoms with E-state index in [1.54, 1.807) is 0 Å². The normalized spacial score (nSPS) is 11.6. The maximum Gasteiger partial charge on any atom is 0.0886 e. The summed E-state index contributed by atoms with van der Waals surface area (Å²) in [6.07, 6.45) is 1.87. The second-order valence-electron chi connectivity index (χ2n) is 12.5. The van der Waals surface area contributed by atoms with Crippen molar-refractivity contribution >= 4 is 54.8 Å². The average Bonchev–Trinajstić information content (AvgIpc) is 4.07. The number of nitrogens with one attached hydrogen (secondary N) is 1. The summed E-state index contributed by atoms with van der Waals surface area (Å²) < 4.78 is 0. The first kappa shape index (κ1) is 43.4. The Bertz CT molecular complexity index is 2000. The van der Waals surface area contributed by atoms with E-state index < -0.39 is 15.8 Å². The fraction of sp³-hybridized carbons (Fsp3) is 0.0816. The summed E-state index contributed by atoms with van der Waals surface area (Å²) in [6.45, 7) is 4.70. The number of hydrogen-bond acceptors (Lipinski definition) is 1. The Morgan fingerprint density at radius 1 is 0.473 bits per heavy atom. The Hall–Kier alpha value is -4.35. The summed E-state index contributed by atoms with van der Waals surface area (Å²) >= 11 is 0. The predicted molar refractivity (Wildman–Crippen MR) is 235 cm³/mol. The number of aliphatic imine (C=N–C) groups is 1. The van der Waals surface area contributed by atoms with E-state index in [0.717, 1.165) is 11.4 Å². The van der Waals surface area contributed by atoms with Crippen LogP contribution in [0.1, 0.15) is 36.3 Å². The SMILES string of the molecule is CC([c-]1cccc1N=CNc1ccc[c-]1C(C)P(c1ccccc1)c1ccccc1)P(c1ccccc1)c1ccccc1.[Fe].[Fe].c1cc[cH-]c1.c1cc[cH-]c1. The van der Waals surface area contributed by atoms with Gasteiger partial charge in [0, 0.05) is 34.1 Å². The maximum atomic E-state index is 4.97. The number of rotatable bonds is 11. The van der Waals surface area contributed by atoms with Gasteiger partial charge in [-0.15, -0.1) is 11.1 Å². The zero-order chi connectivity index (χ0) is 36.5. The van der Waals surface area contributed by atoms with Crippen LogP contribution in [0.3, 0.4) is 0 Å². The van der Waals surface area contributed by atoms with Crippen LogP contribution in [0, 0.1) is 0 Å². The Balaban J connectivity index is 0.000000487. The van der Waals surface area contributed by atoms with Gasteiger partial charge in [-0.05, 0) is 48.4 Å². The summed E-state index contributed by atoms with van der Waals surface area (Å²) in [6, 6.07) is 76.8. The molecule has 55 heavy (non-hydrogen) atoms. The number of nitrogens with zero attached hydrogens (tertiary/aromatic N) is 1. The first-order valence-electron chi connectivity index (χ1n) is 18.1. The van der Waals surface area contributed by atoms with Gasteiger partial charge in [0.15, 0.2) is 0 Å². The van der Waals surface area contributed by atoms with E-state index in [9.17, 15) is 0 Å². The van der Waals surface area contributed by atoms with Crippen molar-refractivity contribution in [1.82, 2.24) is 0 Å². The summed E-state index contributed by atoms with van der Waals surface area (Å²) in [5.41, 5.74) is 5.39. The quantitative estimate of drug-likeness (QED) is 0.0453. The number of benzene rings is 4. The van der Waals surface area contributed by atoms with Crippen LogP contribution < -0.4 is 26.5 Å². The number of anilines is 1. The van der Waals surface area contributed by atoms with Gasteiger partial charge < -0.3 is 5.32 Å². The molecule has 0 saturated carbocycles. The van der Waals surface area contributed by atoms with Gasteiger partial charge in [-0.25, -0.2) is 36.4 Å². The smallest absolute Gasteiger partial charge is 0.0886 e. The largest absolute Gasteiger partial charge is 0.370 e. The molecule has 0 fully saturated rings. The third-order valence-corrected chi connectivity index (χ3v) is 14.5. The molecule has 0 saturated heterocycles. The van der Waals surface area contributed by atoms with Gasteiger partial charge in [0.25, 0.3) is 0 Å². The Morgan fingerprint density at radius 3 is 1.22 bits per heavy atom. The molecule has 1 N–H and O–H groups in total. The third-order valence-electron chi connectivity index (χ3n) is 9.02. The Labute approximate surface area is 351 Å². The molecule has 2 unspecified atom stereocenters. The van der Waals surface area contributed by atoms with Gasteiger partial charge in [-0.3, -0.25) is 4.99 Å².